The van der Waals surface area contributed by atoms with Crippen molar-refractivity contribution in [1.29, 1.82) is 0 Å². The summed E-state index contributed by atoms with van der Waals surface area (Å²) in [6.07, 6.45) is -3.51. The van der Waals surface area contributed by atoms with Crippen LogP contribution in [0, 0.1) is 20.8 Å². The monoisotopic (exact) mass is 1040 g/mol. The van der Waals surface area contributed by atoms with E-state index in [1.54, 1.807) is 7.11 Å². The maximum atomic E-state index is 12.3. The predicted octanol–water partition coefficient (Wildman–Crippen LogP) is 6.02. The Hall–Kier alpha value is -4.27. The fourth-order valence-electron chi connectivity index (χ4n) is 5.89. The number of methoxy groups -OCH3 is 2. The number of hydrogen-bond acceptors (Lipinski definition) is 14. The van der Waals surface area contributed by atoms with Crippen LogP contribution in [-0.2, 0) is 83.7 Å². The summed E-state index contributed by atoms with van der Waals surface area (Å²) in [5, 5.41) is 3.03. The van der Waals surface area contributed by atoms with Gasteiger partial charge in [-0.3, -0.25) is 14.4 Å². The van der Waals surface area contributed by atoms with Gasteiger partial charge in [0.05, 0.1) is 36.9 Å². The minimum atomic E-state index is -4.43. The van der Waals surface area contributed by atoms with E-state index in [4.69, 9.17) is 23.2 Å². The number of ether oxygens (including phenoxy) is 2. The molecule has 5 rings (SSSR count). The summed E-state index contributed by atoms with van der Waals surface area (Å²) in [7, 11) is 6.96. The molecule has 69 heavy (non-hydrogen) atoms. The summed E-state index contributed by atoms with van der Waals surface area (Å²) in [5.41, 5.74) is 6.54. The van der Waals surface area contributed by atoms with Crippen molar-refractivity contribution < 1.29 is 104 Å². The average Bonchev–Trinajstić information content (AvgIpc) is 3.83. The third kappa shape index (κ3) is 21.7. The Kier molecular flexibility index (Phi) is 28.0. The van der Waals surface area contributed by atoms with Crippen LogP contribution in [-0.4, -0.2) is 70.8 Å². The van der Waals surface area contributed by atoms with Crippen molar-refractivity contribution in [3.05, 3.63) is 122 Å². The van der Waals surface area contributed by atoms with Crippen molar-refractivity contribution in [1.82, 2.24) is 5.32 Å². The molecule has 0 atom stereocenters. The third-order valence-electron chi connectivity index (χ3n) is 10.4. The topological polar surface area (TPSA) is 175 Å². The first-order valence-corrected chi connectivity index (χ1v) is 21.7. The van der Waals surface area contributed by atoms with E-state index >= 15 is 0 Å². The molecule has 0 unspecified atom stereocenters. The van der Waals surface area contributed by atoms with E-state index in [0.29, 0.717) is 13.2 Å². The molecule has 0 spiro atoms. The summed E-state index contributed by atoms with van der Waals surface area (Å²) in [5.74, 6) is -2.71. The van der Waals surface area contributed by atoms with E-state index in [2.05, 4.69) is 43.7 Å². The molecule has 21 heteroatoms. The van der Waals surface area contributed by atoms with E-state index < -0.39 is 42.4 Å². The summed E-state index contributed by atoms with van der Waals surface area (Å²) < 4.78 is 68.4. The van der Waals surface area contributed by atoms with Crippen LogP contribution in [0.1, 0.15) is 118 Å². The molecule has 371 valence electrons. The summed E-state index contributed by atoms with van der Waals surface area (Å²) in [4.78, 5) is 59.7. The van der Waals surface area contributed by atoms with Crippen molar-refractivity contribution in [2.45, 2.75) is 126 Å². The number of carbonyl (C=O) groups excluding carboxylic acids is 5. The molecule has 0 bridgehead atoms. The molecule has 3 radical (unpaired) electrons. The third-order valence-corrected chi connectivity index (χ3v) is 10.9. The minimum absolute atomic E-state index is 0. The van der Waals surface area contributed by atoms with Crippen molar-refractivity contribution in [3.8, 4) is 0 Å². The fraction of sp³-hybridized carbons (Fsp3) is 0.438. The Labute approximate surface area is 435 Å². The van der Waals surface area contributed by atoms with Gasteiger partial charge in [-0.15, -0.1) is 0 Å². The minimum Gasteiger partial charge on any atom is -0.793 e. The number of benzene rings is 3. The van der Waals surface area contributed by atoms with Gasteiger partial charge in [-0.05, 0) is 125 Å². The second-order valence-corrected chi connectivity index (χ2v) is 17.6. The molecular formula is C48H61B2BrF3NNaO13. The van der Waals surface area contributed by atoms with Crippen LogP contribution in [0.5, 0.6) is 0 Å². The van der Waals surface area contributed by atoms with Gasteiger partial charge >= 0.3 is 60.8 Å². The molecular weight excluding hydrogens is 980 g/mol. The Bertz CT molecular complexity index is 2260. The van der Waals surface area contributed by atoms with E-state index in [-0.39, 0.29) is 59.0 Å². The van der Waals surface area contributed by atoms with Crippen molar-refractivity contribution >= 4 is 66.7 Å². The molecule has 1 fully saturated rings. The van der Waals surface area contributed by atoms with E-state index in [1.807, 2.05) is 117 Å². The number of hydrogen-bond donors (Lipinski definition) is 1. The molecule has 1 aromatic heterocycles. The van der Waals surface area contributed by atoms with Crippen molar-refractivity contribution in [2.24, 2.45) is 0 Å². The molecule has 0 aliphatic carbocycles. The van der Waals surface area contributed by atoms with Crippen LogP contribution in [0.25, 0.3) is 0 Å². The van der Waals surface area contributed by atoms with Crippen molar-refractivity contribution in [2.75, 3.05) is 14.2 Å². The first-order valence-electron chi connectivity index (χ1n) is 20.9. The van der Waals surface area contributed by atoms with Gasteiger partial charge in [0.15, 0.2) is 6.29 Å². The predicted molar refractivity (Wildman–Crippen MR) is 253 cm³/mol. The molecule has 1 aliphatic heterocycles. The number of carbonyl (C=O) groups is 5. The number of aldehydes is 1. The van der Waals surface area contributed by atoms with Gasteiger partial charge in [0.25, 0.3) is 0 Å². The standard InChI is InChI=1S/C17H25BO4.C13H11BrF3NO.C12H16O2.C4H6O4.C2H3BO2.Na/c1-15(2,14(19)20-7)12-9-8-10-13(11-12)18-21-16(3,4)17(5,6)22-18;14-10-3-1-9(2-4-10)7-18-8-11-5-6-12(19-11)13(15,16)17;1-8-5-9(2)12(7-14-4)10(3)11(8)6-13;1-3(5)7-8-4(2)6;1-2(4)5-3;/h8-11H,1-7H3;1-6,18H,7-8H2;5-6H,7H2,1-4H3;1-2H3;1H3;/q;;;;-1;+1. The van der Waals surface area contributed by atoms with Crippen LogP contribution in [0.4, 0.5) is 13.2 Å². The fourth-order valence-corrected chi connectivity index (χ4v) is 6.16. The largest absolute Gasteiger partial charge is 1.00 e. The van der Waals surface area contributed by atoms with Gasteiger partial charge in [0.1, 0.15) is 5.76 Å². The van der Waals surface area contributed by atoms with Crippen LogP contribution < -0.4 is 40.3 Å². The van der Waals surface area contributed by atoms with Crippen LogP contribution in [0.15, 0.2) is 75.6 Å². The van der Waals surface area contributed by atoms with Crippen LogP contribution in [0.2, 0.25) is 0 Å². The molecule has 3 aromatic carbocycles. The first-order chi connectivity index (χ1) is 31.5. The van der Waals surface area contributed by atoms with Gasteiger partial charge in [-0.25, -0.2) is 19.4 Å². The SMILES string of the molecule is CC(=O)OOC(C)=O.COC(=O)C(C)(C)c1cccc(B2OC(C)(C)C(C)(C)O2)c1.COCc1c(C)cc(C)c(C=O)c1C.FC(F)(F)c1ccc(CNCc2ccc(Br)cc2)o1.[B-]OC(C)=O.[Na+]. The van der Waals surface area contributed by atoms with Crippen molar-refractivity contribution in [3.63, 3.8) is 0 Å². The number of furan rings is 1. The van der Waals surface area contributed by atoms with Gasteiger partial charge in [-0.2, -0.15) is 13.2 Å². The number of halogens is 4. The molecule has 14 nitrogen and oxygen atoms in total. The summed E-state index contributed by atoms with van der Waals surface area (Å²) in [6.45, 7) is 22.7. The van der Waals surface area contributed by atoms with Crippen LogP contribution >= 0.6 is 15.9 Å². The number of aryl methyl sites for hydroxylation is 2. The van der Waals surface area contributed by atoms with Gasteiger partial charge in [0, 0.05) is 44.5 Å². The molecule has 4 aromatic rings. The Balaban J connectivity index is 0.000000898. The second-order valence-electron chi connectivity index (χ2n) is 16.7. The number of esters is 1. The normalized spacial score (nSPS) is 13.1. The molecule has 0 amide bonds. The molecule has 0 saturated carbocycles. The molecule has 2 heterocycles. The van der Waals surface area contributed by atoms with Gasteiger partial charge in [-0.1, -0.05) is 58.4 Å². The van der Waals surface area contributed by atoms with Crippen LogP contribution in [0.3, 0.4) is 0 Å². The Morgan fingerprint density at radius 2 is 1.35 bits per heavy atom. The first kappa shape index (κ1) is 64.7. The zero-order valence-electron chi connectivity index (χ0n) is 42.0. The Morgan fingerprint density at radius 1 is 0.812 bits per heavy atom. The number of nitrogens with one attached hydrogen (secondary N) is 1. The number of alkyl halides is 3. The summed E-state index contributed by atoms with van der Waals surface area (Å²) in [6, 6.07) is 19.7. The molecule has 1 saturated heterocycles. The number of rotatable bonds is 10. The zero-order chi connectivity index (χ0) is 52.2. The quantitative estimate of drug-likeness (QED) is 0.0642. The van der Waals surface area contributed by atoms with E-state index in [0.717, 1.165) is 69.5 Å². The summed E-state index contributed by atoms with van der Waals surface area (Å²) >= 11 is 3.33. The van der Waals surface area contributed by atoms with Gasteiger partial charge in [0.2, 0.25) is 11.7 Å². The maximum Gasteiger partial charge on any atom is 1.00 e. The second kappa shape index (κ2) is 29.8. The van der Waals surface area contributed by atoms with Gasteiger partial charge < -0.3 is 41.2 Å². The van der Waals surface area contributed by atoms with E-state index in [9.17, 15) is 37.1 Å². The maximum absolute atomic E-state index is 12.3. The molecule has 1 aliphatic rings. The average molecular weight is 1040 g/mol. The Morgan fingerprint density at radius 3 is 1.78 bits per heavy atom. The molecule has 1 N–H and O–H groups in total. The van der Waals surface area contributed by atoms with E-state index in [1.165, 1.54) is 25.7 Å². The zero-order valence-corrected chi connectivity index (χ0v) is 45.6. The smallest absolute Gasteiger partial charge is 0.793 e.